The third-order valence-corrected chi connectivity index (χ3v) is 2.63. The van der Waals surface area contributed by atoms with Gasteiger partial charge in [0.1, 0.15) is 12.1 Å². The molecule has 3 rings (SSSR count). The van der Waals surface area contributed by atoms with Gasteiger partial charge in [0.15, 0.2) is 0 Å². The Labute approximate surface area is 92.9 Å². The number of rotatable bonds is 1. The fraction of sp³-hybridized carbons (Fsp3) is 0.0833. The smallest absolute Gasteiger partial charge is 0.136 e. The van der Waals surface area contributed by atoms with Crippen molar-refractivity contribution >= 4 is 11.5 Å². The molecule has 0 unspecified atom stereocenters. The molecule has 0 fully saturated rings. The Hall–Kier alpha value is -2.23. The van der Waals surface area contributed by atoms with Crippen molar-refractivity contribution in [2.75, 3.05) is 5.73 Å². The van der Waals surface area contributed by atoms with E-state index < -0.39 is 0 Å². The molecule has 78 valence electrons. The number of hydrogen-bond acceptors (Lipinski definition) is 4. The molecular weight excluding hydrogens is 200 g/mol. The van der Waals surface area contributed by atoms with E-state index in [1.807, 2.05) is 30.3 Å². The van der Waals surface area contributed by atoms with Gasteiger partial charge in [-0.15, -0.1) is 0 Å². The molecule has 2 aromatic rings. The van der Waals surface area contributed by atoms with Crippen LogP contribution >= 0.6 is 0 Å². The fourth-order valence-electron chi connectivity index (χ4n) is 1.88. The monoisotopic (exact) mass is 210 g/mol. The van der Waals surface area contributed by atoms with Crippen molar-refractivity contribution in [3.05, 3.63) is 53.5 Å². The van der Waals surface area contributed by atoms with E-state index in [9.17, 15) is 0 Å². The average molecular weight is 210 g/mol. The minimum absolute atomic E-state index is 0.505. The summed E-state index contributed by atoms with van der Waals surface area (Å²) in [6.07, 6.45) is 1.48. The summed E-state index contributed by atoms with van der Waals surface area (Å²) in [5, 5.41) is 0. The third-order valence-electron chi connectivity index (χ3n) is 2.63. The lowest BCUT2D eigenvalue weighted by Gasteiger charge is -2.05. The van der Waals surface area contributed by atoms with Crippen LogP contribution in [0.3, 0.4) is 0 Å². The first kappa shape index (κ1) is 9.03. The zero-order valence-corrected chi connectivity index (χ0v) is 8.59. The Balaban J connectivity index is 2.16. The van der Waals surface area contributed by atoms with Gasteiger partial charge in [-0.05, 0) is 0 Å². The van der Waals surface area contributed by atoms with Crippen LogP contribution in [0.4, 0.5) is 5.82 Å². The molecule has 0 atom stereocenters. The average Bonchev–Trinajstić information content (AvgIpc) is 2.75. The van der Waals surface area contributed by atoms with Crippen molar-refractivity contribution in [3.8, 4) is 0 Å². The molecule has 0 spiro atoms. The SMILES string of the molecule is Nc1ncnc2c1C(c1ccccc1)=NC2. The summed E-state index contributed by atoms with van der Waals surface area (Å²) in [5.74, 6) is 0.505. The molecule has 2 N–H and O–H groups in total. The molecule has 4 heteroatoms. The Bertz CT molecular complexity index is 560. The van der Waals surface area contributed by atoms with E-state index in [2.05, 4.69) is 15.0 Å². The number of nitrogens with zero attached hydrogens (tertiary/aromatic N) is 3. The van der Waals surface area contributed by atoms with Crippen LogP contribution in [0.2, 0.25) is 0 Å². The van der Waals surface area contributed by atoms with Crippen LogP contribution < -0.4 is 5.73 Å². The second-order valence-electron chi connectivity index (χ2n) is 3.61. The highest BCUT2D eigenvalue weighted by Crippen LogP contribution is 2.24. The maximum absolute atomic E-state index is 5.87. The molecule has 16 heavy (non-hydrogen) atoms. The summed E-state index contributed by atoms with van der Waals surface area (Å²) in [5.41, 5.74) is 9.61. The fourth-order valence-corrected chi connectivity index (χ4v) is 1.88. The van der Waals surface area contributed by atoms with Crippen LogP contribution in [-0.2, 0) is 6.54 Å². The Morgan fingerprint density at radius 1 is 1.06 bits per heavy atom. The van der Waals surface area contributed by atoms with E-state index in [0.717, 1.165) is 22.5 Å². The standard InChI is InChI=1S/C12H10N4/c13-12-10-9(15-7-16-12)6-14-11(10)8-4-2-1-3-5-8/h1-5,7H,6H2,(H2,13,15,16). The summed E-state index contributed by atoms with van der Waals surface area (Å²) < 4.78 is 0. The zero-order chi connectivity index (χ0) is 11.0. The Morgan fingerprint density at radius 2 is 1.88 bits per heavy atom. The summed E-state index contributed by atoms with van der Waals surface area (Å²) in [7, 11) is 0. The van der Waals surface area contributed by atoms with Crippen molar-refractivity contribution in [2.45, 2.75) is 6.54 Å². The van der Waals surface area contributed by atoms with Crippen molar-refractivity contribution in [3.63, 3.8) is 0 Å². The maximum Gasteiger partial charge on any atom is 0.136 e. The van der Waals surface area contributed by atoms with E-state index in [0.29, 0.717) is 12.4 Å². The van der Waals surface area contributed by atoms with Crippen molar-refractivity contribution in [1.29, 1.82) is 0 Å². The molecule has 0 bridgehead atoms. The van der Waals surface area contributed by atoms with Gasteiger partial charge in [-0.3, -0.25) is 4.99 Å². The largest absolute Gasteiger partial charge is 0.383 e. The Morgan fingerprint density at radius 3 is 2.69 bits per heavy atom. The minimum atomic E-state index is 0.505. The molecule has 0 saturated carbocycles. The molecule has 1 aliphatic rings. The molecule has 0 saturated heterocycles. The van der Waals surface area contributed by atoms with Crippen LogP contribution in [0.5, 0.6) is 0 Å². The molecule has 0 radical (unpaired) electrons. The van der Waals surface area contributed by atoms with Gasteiger partial charge < -0.3 is 5.73 Å². The number of nitrogens with two attached hydrogens (primary N) is 1. The van der Waals surface area contributed by atoms with Crippen molar-refractivity contribution in [1.82, 2.24) is 9.97 Å². The summed E-state index contributed by atoms with van der Waals surface area (Å²) in [6.45, 7) is 0.590. The molecule has 4 nitrogen and oxygen atoms in total. The highest BCUT2D eigenvalue weighted by Gasteiger charge is 2.21. The minimum Gasteiger partial charge on any atom is -0.383 e. The number of aliphatic imine (C=N–C) groups is 1. The number of fused-ring (bicyclic) bond motifs is 1. The van der Waals surface area contributed by atoms with Crippen molar-refractivity contribution < 1.29 is 0 Å². The second-order valence-corrected chi connectivity index (χ2v) is 3.61. The topological polar surface area (TPSA) is 64.2 Å². The predicted molar refractivity (Wildman–Crippen MR) is 62.2 cm³/mol. The molecule has 0 amide bonds. The van der Waals surface area contributed by atoms with Gasteiger partial charge in [0.2, 0.25) is 0 Å². The maximum atomic E-state index is 5.87. The number of anilines is 1. The highest BCUT2D eigenvalue weighted by atomic mass is 15.0. The van der Waals surface area contributed by atoms with Crippen LogP contribution in [-0.4, -0.2) is 15.7 Å². The molecule has 1 aromatic carbocycles. The highest BCUT2D eigenvalue weighted by molar-refractivity contribution is 6.17. The zero-order valence-electron chi connectivity index (χ0n) is 8.59. The molecule has 2 heterocycles. The van der Waals surface area contributed by atoms with Gasteiger partial charge in [-0.1, -0.05) is 30.3 Å². The van der Waals surface area contributed by atoms with Gasteiger partial charge >= 0.3 is 0 Å². The van der Waals surface area contributed by atoms with E-state index >= 15 is 0 Å². The second kappa shape index (κ2) is 3.41. The lowest BCUT2D eigenvalue weighted by atomic mass is 10.0. The molecule has 0 aliphatic carbocycles. The summed E-state index contributed by atoms with van der Waals surface area (Å²) >= 11 is 0. The Kier molecular flexibility index (Phi) is 1.93. The first-order chi connectivity index (χ1) is 7.86. The number of aromatic nitrogens is 2. The molecule has 1 aromatic heterocycles. The molecule has 1 aliphatic heterocycles. The van der Waals surface area contributed by atoms with Crippen LogP contribution in [0, 0.1) is 0 Å². The van der Waals surface area contributed by atoms with Gasteiger partial charge in [0, 0.05) is 5.56 Å². The third kappa shape index (κ3) is 1.27. The van der Waals surface area contributed by atoms with Crippen LogP contribution in [0.25, 0.3) is 0 Å². The lowest BCUT2D eigenvalue weighted by Crippen LogP contribution is -2.07. The lowest BCUT2D eigenvalue weighted by molar-refractivity contribution is 0.997. The van der Waals surface area contributed by atoms with Gasteiger partial charge in [0.05, 0.1) is 23.5 Å². The van der Waals surface area contributed by atoms with E-state index in [4.69, 9.17) is 5.73 Å². The quantitative estimate of drug-likeness (QED) is 0.774. The van der Waals surface area contributed by atoms with E-state index in [-0.39, 0.29) is 0 Å². The normalized spacial score (nSPS) is 13.4. The van der Waals surface area contributed by atoms with Gasteiger partial charge in [0.25, 0.3) is 0 Å². The number of hydrogen-bond donors (Lipinski definition) is 1. The van der Waals surface area contributed by atoms with Crippen LogP contribution in [0.1, 0.15) is 16.8 Å². The predicted octanol–water partition coefficient (Wildman–Crippen LogP) is 1.41. The van der Waals surface area contributed by atoms with E-state index in [1.165, 1.54) is 6.33 Å². The summed E-state index contributed by atoms with van der Waals surface area (Å²) in [6, 6.07) is 9.97. The van der Waals surface area contributed by atoms with Crippen molar-refractivity contribution in [2.24, 2.45) is 4.99 Å². The first-order valence-corrected chi connectivity index (χ1v) is 5.06. The molecular formula is C12H10N4. The van der Waals surface area contributed by atoms with Gasteiger partial charge in [-0.25, -0.2) is 9.97 Å². The van der Waals surface area contributed by atoms with Gasteiger partial charge in [-0.2, -0.15) is 0 Å². The van der Waals surface area contributed by atoms with E-state index in [1.54, 1.807) is 0 Å². The first-order valence-electron chi connectivity index (χ1n) is 5.06. The summed E-state index contributed by atoms with van der Waals surface area (Å²) in [4.78, 5) is 12.7. The number of nitrogen functional groups attached to an aromatic ring is 1. The number of benzene rings is 1. The van der Waals surface area contributed by atoms with Crippen LogP contribution in [0.15, 0.2) is 41.7 Å².